The highest BCUT2D eigenvalue weighted by atomic mass is 16.3. The summed E-state index contributed by atoms with van der Waals surface area (Å²) in [5.74, 6) is 0.830. The lowest BCUT2D eigenvalue weighted by atomic mass is 9.67. The quantitative estimate of drug-likeness (QED) is 0.615. The Kier molecular flexibility index (Phi) is 2.23. The first-order valence-corrected chi connectivity index (χ1v) is 5.58. The zero-order valence-corrected chi connectivity index (χ0v) is 8.71. The molecule has 1 nitrogen and oxygen atoms in total. The lowest BCUT2D eigenvalue weighted by Crippen LogP contribution is -2.30. The zero-order chi connectivity index (χ0) is 9.47. The van der Waals surface area contributed by atoms with Crippen molar-refractivity contribution in [2.45, 2.75) is 52.1 Å². The van der Waals surface area contributed by atoms with Crippen molar-refractivity contribution in [1.82, 2.24) is 0 Å². The monoisotopic (exact) mass is 180 g/mol. The van der Waals surface area contributed by atoms with Crippen molar-refractivity contribution in [3.8, 4) is 0 Å². The van der Waals surface area contributed by atoms with E-state index in [0.717, 1.165) is 12.3 Å². The van der Waals surface area contributed by atoms with Crippen molar-refractivity contribution in [3.63, 3.8) is 0 Å². The van der Waals surface area contributed by atoms with Gasteiger partial charge in [-0.25, -0.2) is 0 Å². The summed E-state index contributed by atoms with van der Waals surface area (Å²) in [6, 6.07) is 0. The summed E-state index contributed by atoms with van der Waals surface area (Å²) in [5.41, 5.74) is 2.03. The van der Waals surface area contributed by atoms with Gasteiger partial charge in [-0.05, 0) is 43.4 Å². The normalized spacial score (nSPS) is 44.4. The van der Waals surface area contributed by atoms with E-state index in [-0.39, 0.29) is 6.10 Å². The number of fused-ring (bicyclic) bond motifs is 1. The minimum atomic E-state index is -0.153. The van der Waals surface area contributed by atoms with E-state index in [2.05, 4.69) is 19.9 Å². The Balaban J connectivity index is 2.33. The van der Waals surface area contributed by atoms with Crippen LogP contribution < -0.4 is 0 Å². The van der Waals surface area contributed by atoms with Crippen LogP contribution in [0.5, 0.6) is 0 Å². The molecule has 1 N–H and O–H groups in total. The molecule has 74 valence electrons. The molecule has 0 radical (unpaired) electrons. The van der Waals surface area contributed by atoms with E-state index in [1.165, 1.54) is 25.7 Å². The van der Waals surface area contributed by atoms with Gasteiger partial charge in [-0.1, -0.05) is 25.5 Å². The first kappa shape index (κ1) is 9.26. The molecule has 1 heteroatoms. The van der Waals surface area contributed by atoms with Crippen LogP contribution in [-0.2, 0) is 0 Å². The van der Waals surface area contributed by atoms with E-state index in [1.54, 1.807) is 5.57 Å². The molecule has 3 atom stereocenters. The van der Waals surface area contributed by atoms with Crippen molar-refractivity contribution in [2.75, 3.05) is 0 Å². The van der Waals surface area contributed by atoms with Crippen LogP contribution in [0, 0.1) is 11.3 Å². The third-order valence-electron chi connectivity index (χ3n) is 4.34. The average molecular weight is 180 g/mol. The Morgan fingerprint density at radius 1 is 1.54 bits per heavy atom. The van der Waals surface area contributed by atoms with E-state index in [1.807, 2.05) is 0 Å². The summed E-state index contributed by atoms with van der Waals surface area (Å²) < 4.78 is 0. The molecule has 0 unspecified atom stereocenters. The molecule has 0 aromatic rings. The van der Waals surface area contributed by atoms with Crippen LogP contribution in [0.4, 0.5) is 0 Å². The predicted octanol–water partition coefficient (Wildman–Crippen LogP) is 2.89. The second kappa shape index (κ2) is 3.13. The van der Waals surface area contributed by atoms with E-state index < -0.39 is 0 Å². The average Bonchev–Trinajstić information content (AvgIpc) is 2.44. The van der Waals surface area contributed by atoms with Crippen LogP contribution in [0.25, 0.3) is 0 Å². The first-order valence-electron chi connectivity index (χ1n) is 5.58. The molecule has 0 spiro atoms. The summed E-state index contributed by atoms with van der Waals surface area (Å²) in [7, 11) is 0. The largest absolute Gasteiger partial charge is 0.389 e. The summed E-state index contributed by atoms with van der Waals surface area (Å²) in [6.07, 6.45) is 7.97. The highest BCUT2D eigenvalue weighted by Gasteiger charge is 2.44. The maximum absolute atomic E-state index is 9.58. The van der Waals surface area contributed by atoms with E-state index in [9.17, 15) is 5.11 Å². The minimum Gasteiger partial charge on any atom is -0.389 e. The highest BCUT2D eigenvalue weighted by Crippen LogP contribution is 2.54. The summed E-state index contributed by atoms with van der Waals surface area (Å²) >= 11 is 0. The molecular formula is C12H20O. The summed E-state index contributed by atoms with van der Waals surface area (Å²) in [6.45, 7) is 4.68. The van der Waals surface area contributed by atoms with Gasteiger partial charge in [0.1, 0.15) is 0 Å². The number of rotatable bonds is 1. The summed E-state index contributed by atoms with van der Waals surface area (Å²) in [5, 5.41) is 9.58. The van der Waals surface area contributed by atoms with Crippen molar-refractivity contribution >= 4 is 0 Å². The highest BCUT2D eigenvalue weighted by molar-refractivity contribution is 5.25. The molecule has 0 aromatic carbocycles. The van der Waals surface area contributed by atoms with Gasteiger partial charge in [-0.3, -0.25) is 0 Å². The molecule has 0 amide bonds. The molecule has 1 fully saturated rings. The Morgan fingerprint density at radius 3 is 3.00 bits per heavy atom. The van der Waals surface area contributed by atoms with Crippen molar-refractivity contribution in [2.24, 2.45) is 11.3 Å². The molecule has 1 saturated carbocycles. The molecule has 13 heavy (non-hydrogen) atoms. The molecule has 0 aromatic heterocycles. The number of aliphatic hydroxyl groups is 1. The predicted molar refractivity (Wildman–Crippen MR) is 54.4 cm³/mol. The molecule has 2 rings (SSSR count). The fourth-order valence-electron chi connectivity index (χ4n) is 3.34. The van der Waals surface area contributed by atoms with Gasteiger partial charge in [-0.15, -0.1) is 0 Å². The Bertz CT molecular complexity index is 231. The first-order chi connectivity index (χ1) is 6.19. The number of aliphatic hydroxyl groups excluding tert-OH is 1. The van der Waals surface area contributed by atoms with Crippen LogP contribution >= 0.6 is 0 Å². The van der Waals surface area contributed by atoms with Gasteiger partial charge in [0, 0.05) is 0 Å². The molecule has 2 aliphatic rings. The number of hydrogen-bond acceptors (Lipinski definition) is 1. The Morgan fingerprint density at radius 2 is 2.31 bits per heavy atom. The van der Waals surface area contributed by atoms with Gasteiger partial charge in [-0.2, -0.15) is 0 Å². The van der Waals surface area contributed by atoms with Gasteiger partial charge in [0.05, 0.1) is 6.10 Å². The smallest absolute Gasteiger partial charge is 0.0724 e. The summed E-state index contributed by atoms with van der Waals surface area (Å²) in [4.78, 5) is 0. The van der Waals surface area contributed by atoms with Gasteiger partial charge >= 0.3 is 0 Å². The molecular weight excluding hydrogens is 160 g/mol. The molecule has 0 saturated heterocycles. The molecule has 0 aliphatic heterocycles. The Labute approximate surface area is 80.8 Å². The van der Waals surface area contributed by atoms with Gasteiger partial charge in [0.2, 0.25) is 0 Å². The second-order valence-electron chi connectivity index (χ2n) is 4.75. The SMILES string of the molecule is CC[C@]12CC[C@H](O)C=C1CC[C@@H]2C. The zero-order valence-electron chi connectivity index (χ0n) is 8.71. The Hall–Kier alpha value is -0.300. The number of hydrogen-bond donors (Lipinski definition) is 1. The van der Waals surface area contributed by atoms with Gasteiger partial charge in [0.25, 0.3) is 0 Å². The van der Waals surface area contributed by atoms with Crippen LogP contribution in [0.1, 0.15) is 46.0 Å². The maximum atomic E-state index is 9.58. The standard InChI is InChI=1S/C12H20O/c1-3-12-7-6-11(13)8-10(12)5-4-9(12)2/h8-9,11,13H,3-7H2,1-2H3/t9-,11-,12+/m0/s1. The molecule has 0 heterocycles. The van der Waals surface area contributed by atoms with Crippen molar-refractivity contribution in [3.05, 3.63) is 11.6 Å². The third-order valence-corrected chi connectivity index (χ3v) is 4.34. The van der Waals surface area contributed by atoms with Crippen LogP contribution in [-0.4, -0.2) is 11.2 Å². The van der Waals surface area contributed by atoms with Crippen LogP contribution in [0.15, 0.2) is 11.6 Å². The fraction of sp³-hybridized carbons (Fsp3) is 0.833. The molecule has 2 aliphatic carbocycles. The van der Waals surface area contributed by atoms with E-state index in [0.29, 0.717) is 5.41 Å². The lowest BCUT2D eigenvalue weighted by molar-refractivity contribution is 0.140. The van der Waals surface area contributed by atoms with Gasteiger partial charge in [0.15, 0.2) is 0 Å². The van der Waals surface area contributed by atoms with Gasteiger partial charge < -0.3 is 5.11 Å². The van der Waals surface area contributed by atoms with Crippen LogP contribution in [0.3, 0.4) is 0 Å². The van der Waals surface area contributed by atoms with Crippen molar-refractivity contribution in [1.29, 1.82) is 0 Å². The minimum absolute atomic E-state index is 0.153. The lowest BCUT2D eigenvalue weighted by Gasteiger charge is -2.38. The maximum Gasteiger partial charge on any atom is 0.0724 e. The molecule has 0 bridgehead atoms. The second-order valence-corrected chi connectivity index (χ2v) is 4.75. The van der Waals surface area contributed by atoms with Crippen LogP contribution in [0.2, 0.25) is 0 Å². The third kappa shape index (κ3) is 1.25. The fourth-order valence-corrected chi connectivity index (χ4v) is 3.34. The number of allylic oxidation sites excluding steroid dienone is 1. The van der Waals surface area contributed by atoms with E-state index >= 15 is 0 Å². The van der Waals surface area contributed by atoms with Crippen molar-refractivity contribution < 1.29 is 5.11 Å². The topological polar surface area (TPSA) is 20.2 Å². The van der Waals surface area contributed by atoms with E-state index in [4.69, 9.17) is 0 Å².